The van der Waals surface area contributed by atoms with Crippen LogP contribution in [0.25, 0.3) is 10.8 Å². The minimum Gasteiger partial charge on any atom is -0.339 e. The van der Waals surface area contributed by atoms with Crippen molar-refractivity contribution in [3.63, 3.8) is 0 Å². The lowest BCUT2D eigenvalue weighted by Crippen LogP contribution is -2.54. The fourth-order valence-corrected chi connectivity index (χ4v) is 5.86. The number of carbonyl (C=O) groups excluding carboxylic acids is 2. The van der Waals surface area contributed by atoms with Gasteiger partial charge < -0.3 is 15.5 Å². The minimum absolute atomic E-state index is 0.0493. The lowest BCUT2D eigenvalue weighted by Gasteiger charge is -2.35. The van der Waals surface area contributed by atoms with Crippen molar-refractivity contribution in [2.75, 3.05) is 19.6 Å². The SMILES string of the molecule is C[C@@H](C(=O)N1CCC[C@@H](N)C1)N1CCC(NS(=O)(=O)c2ccc3cc(Cl)ccc3c2)C1=O. The number of piperidine rings is 1. The smallest absolute Gasteiger partial charge is 0.245 e. The number of hydrogen-bond acceptors (Lipinski definition) is 5. The molecule has 32 heavy (non-hydrogen) atoms. The Balaban J connectivity index is 1.45. The van der Waals surface area contributed by atoms with E-state index in [9.17, 15) is 18.0 Å². The summed E-state index contributed by atoms with van der Waals surface area (Å²) in [5, 5.41) is 2.12. The Morgan fingerprint density at radius 3 is 2.62 bits per heavy atom. The Morgan fingerprint density at radius 1 is 1.16 bits per heavy atom. The van der Waals surface area contributed by atoms with Gasteiger partial charge in [-0.15, -0.1) is 0 Å². The van der Waals surface area contributed by atoms with Gasteiger partial charge in [-0.1, -0.05) is 23.7 Å². The normalized spacial score (nSPS) is 23.0. The molecule has 8 nitrogen and oxygen atoms in total. The number of likely N-dealkylation sites (tertiary alicyclic amines) is 2. The summed E-state index contributed by atoms with van der Waals surface area (Å²) in [6.07, 6.45) is 2.03. The number of rotatable bonds is 5. The minimum atomic E-state index is -3.92. The first-order valence-electron chi connectivity index (χ1n) is 10.7. The maximum absolute atomic E-state index is 12.9. The number of amides is 2. The van der Waals surface area contributed by atoms with E-state index in [2.05, 4.69) is 4.72 Å². The second kappa shape index (κ2) is 8.97. The van der Waals surface area contributed by atoms with Crippen LogP contribution in [0.4, 0.5) is 0 Å². The highest BCUT2D eigenvalue weighted by Crippen LogP contribution is 2.24. The van der Waals surface area contributed by atoms with Gasteiger partial charge in [-0.3, -0.25) is 9.59 Å². The molecule has 4 rings (SSSR count). The maximum Gasteiger partial charge on any atom is 0.245 e. The number of fused-ring (bicyclic) bond motifs is 1. The van der Waals surface area contributed by atoms with Crippen LogP contribution in [0.2, 0.25) is 5.02 Å². The number of nitrogens with one attached hydrogen (secondary N) is 1. The summed E-state index contributed by atoms with van der Waals surface area (Å²) >= 11 is 5.99. The van der Waals surface area contributed by atoms with Crippen LogP contribution < -0.4 is 10.5 Å². The van der Waals surface area contributed by atoms with E-state index in [1.54, 1.807) is 42.2 Å². The summed E-state index contributed by atoms with van der Waals surface area (Å²) in [5.41, 5.74) is 5.97. The second-order valence-corrected chi connectivity index (χ2v) is 10.7. The van der Waals surface area contributed by atoms with Crippen LogP contribution in [-0.2, 0) is 19.6 Å². The van der Waals surface area contributed by atoms with Gasteiger partial charge in [-0.05, 0) is 61.2 Å². The van der Waals surface area contributed by atoms with Crippen LogP contribution in [0.5, 0.6) is 0 Å². The first-order chi connectivity index (χ1) is 15.2. The van der Waals surface area contributed by atoms with Gasteiger partial charge in [0.1, 0.15) is 12.1 Å². The molecule has 2 saturated heterocycles. The van der Waals surface area contributed by atoms with Gasteiger partial charge >= 0.3 is 0 Å². The second-order valence-electron chi connectivity index (χ2n) is 8.51. The molecule has 0 aliphatic carbocycles. The molecule has 2 aromatic carbocycles. The predicted octanol–water partition coefficient (Wildman–Crippen LogP) is 1.71. The van der Waals surface area contributed by atoms with Crippen LogP contribution in [0.1, 0.15) is 26.2 Å². The molecule has 2 aliphatic heterocycles. The predicted molar refractivity (Wildman–Crippen MR) is 123 cm³/mol. The number of hydrogen-bond donors (Lipinski definition) is 2. The quantitative estimate of drug-likeness (QED) is 0.679. The molecule has 10 heteroatoms. The molecule has 2 heterocycles. The Hall–Kier alpha value is -2.20. The van der Waals surface area contributed by atoms with Crippen molar-refractivity contribution in [2.24, 2.45) is 5.73 Å². The van der Waals surface area contributed by atoms with Crippen molar-refractivity contribution < 1.29 is 18.0 Å². The Labute approximate surface area is 192 Å². The molecule has 0 saturated carbocycles. The highest BCUT2D eigenvalue weighted by Gasteiger charge is 2.40. The summed E-state index contributed by atoms with van der Waals surface area (Å²) in [5.74, 6) is -0.534. The highest BCUT2D eigenvalue weighted by molar-refractivity contribution is 7.89. The molecule has 0 spiro atoms. The molecule has 0 aromatic heterocycles. The van der Waals surface area contributed by atoms with Gasteiger partial charge in [0, 0.05) is 30.7 Å². The molecule has 172 valence electrons. The van der Waals surface area contributed by atoms with Gasteiger partial charge in [-0.25, -0.2) is 8.42 Å². The topological polar surface area (TPSA) is 113 Å². The first-order valence-corrected chi connectivity index (χ1v) is 12.6. The van der Waals surface area contributed by atoms with E-state index in [1.807, 2.05) is 0 Å². The van der Waals surface area contributed by atoms with Crippen molar-refractivity contribution in [1.29, 1.82) is 0 Å². The Kier molecular flexibility index (Phi) is 6.44. The molecule has 0 bridgehead atoms. The summed E-state index contributed by atoms with van der Waals surface area (Å²) in [7, 11) is -3.92. The molecular formula is C22H27ClN4O4S. The lowest BCUT2D eigenvalue weighted by molar-refractivity contribution is -0.144. The van der Waals surface area contributed by atoms with E-state index in [4.69, 9.17) is 17.3 Å². The number of carbonyl (C=O) groups is 2. The van der Waals surface area contributed by atoms with Crippen molar-refractivity contribution >= 4 is 44.2 Å². The van der Waals surface area contributed by atoms with Gasteiger partial charge in [0.25, 0.3) is 0 Å². The van der Waals surface area contributed by atoms with Crippen molar-refractivity contribution in [3.05, 3.63) is 41.4 Å². The van der Waals surface area contributed by atoms with Crippen LogP contribution in [0.3, 0.4) is 0 Å². The van der Waals surface area contributed by atoms with E-state index in [0.29, 0.717) is 31.1 Å². The zero-order valence-electron chi connectivity index (χ0n) is 17.8. The molecule has 2 fully saturated rings. The monoisotopic (exact) mass is 478 g/mol. The van der Waals surface area contributed by atoms with Gasteiger partial charge in [0.2, 0.25) is 21.8 Å². The van der Waals surface area contributed by atoms with Crippen molar-refractivity contribution in [3.8, 4) is 0 Å². The molecule has 3 atom stereocenters. The third-order valence-electron chi connectivity index (χ3n) is 6.22. The third kappa shape index (κ3) is 4.61. The molecule has 2 amide bonds. The molecule has 3 N–H and O–H groups in total. The zero-order chi connectivity index (χ0) is 23.0. The van der Waals surface area contributed by atoms with Crippen LogP contribution >= 0.6 is 11.6 Å². The number of sulfonamides is 1. The van der Waals surface area contributed by atoms with Gasteiger partial charge in [-0.2, -0.15) is 4.72 Å². The molecule has 1 unspecified atom stereocenters. The molecule has 2 aromatic rings. The molecular weight excluding hydrogens is 452 g/mol. The average molecular weight is 479 g/mol. The van der Waals surface area contributed by atoms with Crippen LogP contribution in [-0.4, -0.2) is 67.8 Å². The van der Waals surface area contributed by atoms with Crippen molar-refractivity contribution in [1.82, 2.24) is 14.5 Å². The zero-order valence-corrected chi connectivity index (χ0v) is 19.4. The third-order valence-corrected chi connectivity index (χ3v) is 7.92. The standard InChI is InChI=1S/C22H27ClN4O4S/c1-14(21(28)26-9-2-3-18(24)13-26)27-10-8-20(22(27)29)25-32(30,31)19-7-5-15-11-17(23)6-4-16(15)12-19/h4-7,11-12,14,18,20,25H,2-3,8-10,13,24H2,1H3/t14-,18+,20?/m0/s1. The highest BCUT2D eigenvalue weighted by atomic mass is 35.5. The Morgan fingerprint density at radius 2 is 1.88 bits per heavy atom. The van der Waals surface area contributed by atoms with Gasteiger partial charge in [0.05, 0.1) is 4.90 Å². The summed E-state index contributed by atoms with van der Waals surface area (Å²) < 4.78 is 28.4. The van der Waals surface area contributed by atoms with Gasteiger partial charge in [0.15, 0.2) is 0 Å². The molecule has 0 radical (unpaired) electrons. The maximum atomic E-state index is 12.9. The fourth-order valence-electron chi connectivity index (χ4n) is 4.42. The van der Waals surface area contributed by atoms with E-state index >= 15 is 0 Å². The number of nitrogens with zero attached hydrogens (tertiary/aromatic N) is 2. The first kappa shape index (κ1) is 23.0. The largest absolute Gasteiger partial charge is 0.339 e. The fraction of sp³-hybridized carbons (Fsp3) is 0.455. The summed E-state index contributed by atoms with van der Waals surface area (Å²) in [6, 6.07) is 8.31. The van der Waals surface area contributed by atoms with E-state index in [-0.39, 0.29) is 22.8 Å². The van der Waals surface area contributed by atoms with E-state index in [0.717, 1.165) is 23.6 Å². The van der Waals surface area contributed by atoms with Crippen molar-refractivity contribution in [2.45, 2.75) is 49.2 Å². The molecule has 2 aliphatic rings. The average Bonchev–Trinajstić information content (AvgIpc) is 3.11. The summed E-state index contributed by atoms with van der Waals surface area (Å²) in [4.78, 5) is 29.0. The van der Waals surface area contributed by atoms with E-state index < -0.39 is 22.1 Å². The number of nitrogens with two attached hydrogens (primary N) is 1. The number of benzene rings is 2. The van der Waals surface area contributed by atoms with Crippen LogP contribution in [0.15, 0.2) is 41.3 Å². The van der Waals surface area contributed by atoms with E-state index in [1.165, 1.54) is 11.0 Å². The summed E-state index contributed by atoms with van der Waals surface area (Å²) in [6.45, 7) is 3.11. The Bertz CT molecular complexity index is 1160. The lowest BCUT2D eigenvalue weighted by atomic mass is 10.1. The van der Waals surface area contributed by atoms with Crippen LogP contribution in [0, 0.1) is 0 Å². The number of halogens is 1.